The van der Waals surface area contributed by atoms with Gasteiger partial charge in [-0.05, 0) is 43.1 Å². The molecule has 0 unspecified atom stereocenters. The van der Waals surface area contributed by atoms with Crippen molar-refractivity contribution in [2.24, 2.45) is 17.8 Å². The summed E-state index contributed by atoms with van der Waals surface area (Å²) in [5, 5.41) is 27.8. The Morgan fingerprint density at radius 3 is 2.40 bits per heavy atom. The molecule has 1 aliphatic carbocycles. The van der Waals surface area contributed by atoms with Gasteiger partial charge in [0.15, 0.2) is 0 Å². The van der Waals surface area contributed by atoms with E-state index in [0.29, 0.717) is 31.7 Å². The smallest absolute Gasteiger partial charge is 0.243 e. The van der Waals surface area contributed by atoms with E-state index in [1.54, 1.807) is 11.9 Å². The summed E-state index contributed by atoms with van der Waals surface area (Å²) < 4.78 is 0. The minimum absolute atomic E-state index is 0.00800. The lowest BCUT2D eigenvalue weighted by atomic mass is 9.82. The molecule has 0 bridgehead atoms. The predicted octanol–water partition coefficient (Wildman–Crippen LogP) is 3.69. The molecule has 1 saturated carbocycles. The fourth-order valence-electron chi connectivity index (χ4n) is 6.69. The van der Waals surface area contributed by atoms with Gasteiger partial charge < -0.3 is 25.7 Å². The van der Waals surface area contributed by atoms with Crippen LogP contribution in [-0.2, 0) is 20.8 Å². The van der Waals surface area contributed by atoms with E-state index in [1.807, 2.05) is 44.2 Å². The third kappa shape index (κ3) is 13.4. The van der Waals surface area contributed by atoms with Crippen LogP contribution in [0.25, 0.3) is 0 Å². The van der Waals surface area contributed by atoms with E-state index in [2.05, 4.69) is 33.6 Å². The molecule has 0 spiro atoms. The van der Waals surface area contributed by atoms with Gasteiger partial charge in [0.2, 0.25) is 17.7 Å². The van der Waals surface area contributed by atoms with Crippen molar-refractivity contribution in [2.75, 3.05) is 33.2 Å². The van der Waals surface area contributed by atoms with E-state index in [1.165, 1.54) is 6.42 Å². The lowest BCUT2D eigenvalue weighted by molar-refractivity contribution is -0.137. The molecule has 5 atom stereocenters. The molecule has 1 fully saturated rings. The summed E-state index contributed by atoms with van der Waals surface area (Å²) in [4.78, 5) is 44.9. The zero-order valence-corrected chi connectivity index (χ0v) is 28.8. The Balaban J connectivity index is 1.71. The third-order valence-electron chi connectivity index (χ3n) is 9.55. The largest absolute Gasteiger partial charge is 0.390 e. The summed E-state index contributed by atoms with van der Waals surface area (Å²) in [6.07, 6.45) is 15.5. The Morgan fingerprint density at radius 2 is 1.77 bits per heavy atom. The summed E-state index contributed by atoms with van der Waals surface area (Å²) in [6, 6.07) is 7.80. The van der Waals surface area contributed by atoms with Crippen molar-refractivity contribution in [2.45, 2.75) is 109 Å². The summed E-state index contributed by atoms with van der Waals surface area (Å²) in [6.45, 7) is 7.10. The number of carbonyl (C=O) groups is 3. The first-order valence-electron chi connectivity index (χ1n) is 17.6. The molecule has 1 aromatic rings. The molecule has 0 aromatic heterocycles. The Bertz CT molecular complexity index is 1180. The van der Waals surface area contributed by atoms with E-state index in [-0.39, 0.29) is 24.7 Å². The van der Waals surface area contributed by atoms with Gasteiger partial charge in [-0.15, -0.1) is 12.3 Å². The van der Waals surface area contributed by atoms with Crippen molar-refractivity contribution >= 4 is 17.7 Å². The molecule has 4 N–H and O–H groups in total. The number of nitrogens with one attached hydrogen (secondary N) is 2. The zero-order chi connectivity index (χ0) is 34.2. The van der Waals surface area contributed by atoms with Gasteiger partial charge in [0.05, 0.1) is 18.1 Å². The lowest BCUT2D eigenvalue weighted by Crippen LogP contribution is -2.56. The maximum absolute atomic E-state index is 13.8. The number of hydrogen-bond acceptors (Lipinski definition) is 6. The number of benzene rings is 1. The van der Waals surface area contributed by atoms with Crippen molar-refractivity contribution in [1.82, 2.24) is 20.4 Å². The molecular formula is C38H58N4O5. The predicted molar refractivity (Wildman–Crippen MR) is 186 cm³/mol. The van der Waals surface area contributed by atoms with Crippen molar-refractivity contribution in [1.29, 1.82) is 0 Å². The highest BCUT2D eigenvalue weighted by atomic mass is 16.3. The van der Waals surface area contributed by atoms with Gasteiger partial charge >= 0.3 is 0 Å². The summed E-state index contributed by atoms with van der Waals surface area (Å²) in [5.74, 6) is 1.25. The first-order chi connectivity index (χ1) is 22.6. The number of carbonyl (C=O) groups excluding carboxylic acids is 3. The van der Waals surface area contributed by atoms with Crippen LogP contribution in [0.4, 0.5) is 0 Å². The summed E-state index contributed by atoms with van der Waals surface area (Å²) in [7, 11) is 1.76. The quantitative estimate of drug-likeness (QED) is 0.142. The minimum Gasteiger partial charge on any atom is -0.390 e. The molecule has 3 rings (SSSR count). The maximum Gasteiger partial charge on any atom is 0.243 e. The fraction of sp³-hybridized carbons (Fsp3) is 0.658. The number of rotatable bonds is 18. The molecule has 1 aromatic carbocycles. The van der Waals surface area contributed by atoms with E-state index in [4.69, 9.17) is 6.42 Å². The summed E-state index contributed by atoms with van der Waals surface area (Å²) >= 11 is 0. The fourth-order valence-corrected chi connectivity index (χ4v) is 6.69. The minimum atomic E-state index is -1.15. The van der Waals surface area contributed by atoms with Crippen LogP contribution in [0.3, 0.4) is 0 Å². The average Bonchev–Trinajstić information content (AvgIpc) is 3.07. The molecule has 0 radical (unpaired) electrons. The summed E-state index contributed by atoms with van der Waals surface area (Å²) in [5.41, 5.74) is 0.913. The van der Waals surface area contributed by atoms with Crippen LogP contribution < -0.4 is 10.6 Å². The van der Waals surface area contributed by atoms with E-state index < -0.39 is 42.0 Å². The molecule has 1 heterocycles. The van der Waals surface area contributed by atoms with Gasteiger partial charge in [0, 0.05) is 46.1 Å². The van der Waals surface area contributed by atoms with Crippen molar-refractivity contribution in [3.8, 4) is 12.3 Å². The van der Waals surface area contributed by atoms with Crippen LogP contribution in [0.1, 0.15) is 83.6 Å². The first-order valence-corrected chi connectivity index (χ1v) is 17.6. The van der Waals surface area contributed by atoms with E-state index >= 15 is 0 Å². The second-order valence-corrected chi connectivity index (χ2v) is 14.0. The number of amides is 3. The van der Waals surface area contributed by atoms with Crippen LogP contribution >= 0.6 is 0 Å². The van der Waals surface area contributed by atoms with Gasteiger partial charge in [0.25, 0.3) is 0 Å². The SMILES string of the molecule is C#CC[C@H](NC(=O)[C@@H](CC(=O)N(C)CCN1CC=CCC1)Cc1ccccc1)C(=O)N[C@@H](CC1CCCCC1)[C@@H](O)[C@@H](O)CC(C)C. The Hall–Kier alpha value is -3.19. The standard InChI is InChI=1S/C38H58N4O5/c1-5-15-32(38(47)40-33(26-30-18-11-7-12-19-30)36(45)34(43)24-28(2)3)39-37(46)31(25-29-16-9-6-10-17-29)27-35(44)41(4)22-23-42-20-13-8-14-21-42/h1,6,8-10,13,16-17,28,30-34,36,43,45H,7,11-12,14-15,18-27H2,2-4H3,(H,39,46)(H,40,47)/t31-,32+,33+,34+,36-/m1/s1. The number of aliphatic hydroxyl groups excluding tert-OH is 2. The maximum atomic E-state index is 13.8. The first kappa shape index (κ1) is 38.3. The monoisotopic (exact) mass is 650 g/mol. The van der Waals surface area contributed by atoms with Crippen molar-refractivity contribution < 1.29 is 24.6 Å². The van der Waals surface area contributed by atoms with Crippen LogP contribution in [0, 0.1) is 30.1 Å². The van der Waals surface area contributed by atoms with Gasteiger partial charge in [0.1, 0.15) is 12.1 Å². The third-order valence-corrected chi connectivity index (χ3v) is 9.55. The Labute approximate surface area is 282 Å². The zero-order valence-electron chi connectivity index (χ0n) is 28.8. The second-order valence-electron chi connectivity index (χ2n) is 14.0. The molecular weight excluding hydrogens is 592 g/mol. The highest BCUT2D eigenvalue weighted by Gasteiger charge is 2.34. The molecule has 1 aliphatic heterocycles. The lowest BCUT2D eigenvalue weighted by Gasteiger charge is -2.33. The van der Waals surface area contributed by atoms with Crippen LogP contribution in [0.2, 0.25) is 0 Å². The number of nitrogens with zero attached hydrogens (tertiary/aromatic N) is 2. The molecule has 9 heteroatoms. The van der Waals surface area contributed by atoms with Crippen LogP contribution in [-0.4, -0.2) is 95.3 Å². The van der Waals surface area contributed by atoms with Gasteiger partial charge in [-0.1, -0.05) is 88.4 Å². The Kier molecular flexibility index (Phi) is 16.5. The second kappa shape index (κ2) is 20.2. The number of likely N-dealkylation sites (N-methyl/N-ethyl adjacent to an activating group) is 1. The number of hydrogen-bond donors (Lipinski definition) is 4. The molecule has 2 aliphatic rings. The number of aliphatic hydroxyl groups is 2. The Morgan fingerprint density at radius 1 is 1.04 bits per heavy atom. The highest BCUT2D eigenvalue weighted by molar-refractivity contribution is 5.91. The van der Waals surface area contributed by atoms with Gasteiger partial charge in [-0.3, -0.25) is 19.3 Å². The van der Waals surface area contributed by atoms with E-state index in [0.717, 1.165) is 57.3 Å². The van der Waals surface area contributed by atoms with Gasteiger partial charge in [-0.25, -0.2) is 0 Å². The molecule has 260 valence electrons. The van der Waals surface area contributed by atoms with Gasteiger partial charge in [-0.2, -0.15) is 0 Å². The van der Waals surface area contributed by atoms with Crippen LogP contribution in [0.15, 0.2) is 42.5 Å². The molecule has 0 saturated heterocycles. The van der Waals surface area contributed by atoms with Crippen molar-refractivity contribution in [3.05, 3.63) is 48.0 Å². The molecule has 3 amide bonds. The normalized spacial score (nSPS) is 18.8. The molecule has 47 heavy (non-hydrogen) atoms. The molecule has 9 nitrogen and oxygen atoms in total. The topological polar surface area (TPSA) is 122 Å². The van der Waals surface area contributed by atoms with E-state index in [9.17, 15) is 24.6 Å². The average molecular weight is 651 g/mol. The highest BCUT2D eigenvalue weighted by Crippen LogP contribution is 2.29. The van der Waals surface area contributed by atoms with Crippen LogP contribution in [0.5, 0.6) is 0 Å². The number of terminal acetylenes is 1. The van der Waals surface area contributed by atoms with Crippen molar-refractivity contribution in [3.63, 3.8) is 0 Å².